The molecule has 0 aliphatic carbocycles. The summed E-state index contributed by atoms with van der Waals surface area (Å²) in [5, 5.41) is 0.190. The summed E-state index contributed by atoms with van der Waals surface area (Å²) in [7, 11) is 0. The van der Waals surface area contributed by atoms with Crippen molar-refractivity contribution in [2.75, 3.05) is 0 Å². The van der Waals surface area contributed by atoms with Crippen LogP contribution >= 0.6 is 27.5 Å². The van der Waals surface area contributed by atoms with Gasteiger partial charge in [-0.2, -0.15) is 0 Å². The molecular formula is C12H17BrClN. The molecule has 0 saturated carbocycles. The van der Waals surface area contributed by atoms with Gasteiger partial charge < -0.3 is 0 Å². The van der Waals surface area contributed by atoms with Gasteiger partial charge in [0.2, 0.25) is 0 Å². The Morgan fingerprint density at radius 1 is 1.33 bits per heavy atom. The van der Waals surface area contributed by atoms with Crippen LogP contribution in [-0.2, 0) is 6.42 Å². The van der Waals surface area contributed by atoms with Gasteiger partial charge in [-0.05, 0) is 53.2 Å². The predicted octanol–water partition coefficient (Wildman–Crippen LogP) is 4.29. The van der Waals surface area contributed by atoms with Crippen molar-refractivity contribution < 1.29 is 0 Å². The fraction of sp³-hybridized carbons (Fsp3) is 0.583. The molecule has 84 valence electrons. The van der Waals surface area contributed by atoms with Crippen LogP contribution in [0.1, 0.15) is 26.5 Å². The van der Waals surface area contributed by atoms with Gasteiger partial charge in [-0.3, -0.25) is 4.98 Å². The molecule has 0 radical (unpaired) electrons. The minimum absolute atomic E-state index is 0.190. The summed E-state index contributed by atoms with van der Waals surface area (Å²) in [5.41, 5.74) is 1.12. The third-order valence-electron chi connectivity index (χ3n) is 2.68. The summed E-state index contributed by atoms with van der Waals surface area (Å²) >= 11 is 9.56. The molecule has 0 aliphatic heterocycles. The minimum atomic E-state index is 0.190. The smallest absolute Gasteiger partial charge is 0.0413 e. The van der Waals surface area contributed by atoms with E-state index in [0.717, 1.165) is 16.6 Å². The highest BCUT2D eigenvalue weighted by Gasteiger charge is 2.19. The number of halogens is 2. The maximum absolute atomic E-state index is 6.18. The van der Waals surface area contributed by atoms with E-state index in [-0.39, 0.29) is 5.38 Å². The summed E-state index contributed by atoms with van der Waals surface area (Å²) in [5.74, 6) is 1.07. The van der Waals surface area contributed by atoms with E-state index >= 15 is 0 Å². The third-order valence-corrected chi connectivity index (χ3v) is 3.47. The highest BCUT2D eigenvalue weighted by molar-refractivity contribution is 9.10. The summed E-state index contributed by atoms with van der Waals surface area (Å²) in [6, 6.07) is 4.08. The van der Waals surface area contributed by atoms with Crippen molar-refractivity contribution in [1.29, 1.82) is 0 Å². The first kappa shape index (κ1) is 13.0. The number of rotatable bonds is 4. The second-order valence-electron chi connectivity index (χ2n) is 4.26. The summed E-state index contributed by atoms with van der Waals surface area (Å²) in [4.78, 5) is 4.38. The van der Waals surface area contributed by atoms with Gasteiger partial charge in [0.1, 0.15) is 0 Å². The number of aromatic nitrogens is 1. The first-order chi connectivity index (χ1) is 7.00. The Kier molecular flexibility index (Phi) is 5.07. The zero-order chi connectivity index (χ0) is 11.4. The van der Waals surface area contributed by atoms with Gasteiger partial charge in [0.05, 0.1) is 0 Å². The van der Waals surface area contributed by atoms with Crippen LogP contribution in [0.15, 0.2) is 22.8 Å². The van der Waals surface area contributed by atoms with E-state index in [0.29, 0.717) is 11.8 Å². The van der Waals surface area contributed by atoms with Crippen LogP contribution in [0, 0.1) is 11.8 Å². The van der Waals surface area contributed by atoms with Gasteiger partial charge in [-0.15, -0.1) is 11.6 Å². The Balaban J connectivity index is 2.70. The van der Waals surface area contributed by atoms with Crippen LogP contribution in [0.4, 0.5) is 0 Å². The molecule has 0 aromatic carbocycles. The molecule has 0 spiro atoms. The molecule has 1 aromatic rings. The average Bonchev–Trinajstić information content (AvgIpc) is 2.15. The predicted molar refractivity (Wildman–Crippen MR) is 69.3 cm³/mol. The van der Waals surface area contributed by atoms with Crippen LogP contribution < -0.4 is 0 Å². The molecule has 2 atom stereocenters. The third kappa shape index (κ3) is 4.12. The molecule has 0 N–H and O–H groups in total. The number of alkyl halides is 1. The van der Waals surface area contributed by atoms with Crippen molar-refractivity contribution in [2.45, 2.75) is 32.6 Å². The van der Waals surface area contributed by atoms with Crippen molar-refractivity contribution in [3.63, 3.8) is 0 Å². The average molecular weight is 291 g/mol. The lowest BCUT2D eigenvalue weighted by molar-refractivity contribution is 0.373. The van der Waals surface area contributed by atoms with Crippen molar-refractivity contribution >= 4 is 27.5 Å². The summed E-state index contributed by atoms with van der Waals surface area (Å²) in [6.45, 7) is 6.48. The Morgan fingerprint density at radius 3 is 2.40 bits per heavy atom. The minimum Gasteiger partial charge on any atom is -0.260 e. The van der Waals surface area contributed by atoms with Gasteiger partial charge in [0, 0.05) is 21.7 Å². The molecular weight excluding hydrogens is 273 g/mol. The van der Waals surface area contributed by atoms with E-state index < -0.39 is 0 Å². The normalized spacial score (nSPS) is 15.3. The van der Waals surface area contributed by atoms with Gasteiger partial charge in [-0.25, -0.2) is 0 Å². The van der Waals surface area contributed by atoms with E-state index in [1.165, 1.54) is 0 Å². The summed E-state index contributed by atoms with van der Waals surface area (Å²) in [6.07, 6.45) is 2.79. The molecule has 0 aliphatic rings. The van der Waals surface area contributed by atoms with Crippen LogP contribution in [0.25, 0.3) is 0 Å². The maximum atomic E-state index is 6.18. The van der Waals surface area contributed by atoms with Crippen molar-refractivity contribution in [3.05, 3.63) is 28.5 Å². The molecule has 0 fully saturated rings. The van der Waals surface area contributed by atoms with Crippen molar-refractivity contribution in [2.24, 2.45) is 11.8 Å². The lowest BCUT2D eigenvalue weighted by Crippen LogP contribution is -2.21. The van der Waals surface area contributed by atoms with Crippen LogP contribution in [0.3, 0.4) is 0 Å². The molecule has 15 heavy (non-hydrogen) atoms. The van der Waals surface area contributed by atoms with Crippen molar-refractivity contribution in [3.8, 4) is 0 Å². The standard InChI is InChI=1S/C12H17BrClN/c1-8(2)12(9(3)14)6-11-5-4-10(13)7-15-11/h4-5,7-9,12H,6H2,1-3H3. The lowest BCUT2D eigenvalue weighted by Gasteiger charge is -2.22. The SMILES string of the molecule is CC(C)C(Cc1ccc(Br)cn1)C(C)Cl. The monoisotopic (exact) mass is 289 g/mol. The van der Waals surface area contributed by atoms with E-state index in [1.807, 2.05) is 12.3 Å². The lowest BCUT2D eigenvalue weighted by atomic mass is 9.88. The molecule has 1 aromatic heterocycles. The Morgan fingerprint density at radius 2 is 2.00 bits per heavy atom. The number of hydrogen-bond acceptors (Lipinski definition) is 1. The largest absolute Gasteiger partial charge is 0.260 e. The summed E-state index contributed by atoms with van der Waals surface area (Å²) < 4.78 is 1.02. The highest BCUT2D eigenvalue weighted by Crippen LogP contribution is 2.24. The zero-order valence-corrected chi connectivity index (χ0v) is 11.7. The topological polar surface area (TPSA) is 12.9 Å². The Hall–Kier alpha value is -0.0800. The molecule has 1 nitrogen and oxygen atoms in total. The molecule has 0 saturated heterocycles. The number of hydrogen-bond donors (Lipinski definition) is 0. The second kappa shape index (κ2) is 5.86. The molecule has 2 unspecified atom stereocenters. The first-order valence-electron chi connectivity index (χ1n) is 5.25. The van der Waals surface area contributed by atoms with E-state index in [1.54, 1.807) is 0 Å². The molecule has 0 amide bonds. The van der Waals surface area contributed by atoms with E-state index in [9.17, 15) is 0 Å². The molecule has 1 rings (SSSR count). The molecule has 3 heteroatoms. The number of pyridine rings is 1. The maximum Gasteiger partial charge on any atom is 0.0413 e. The Labute approximate surface area is 105 Å². The fourth-order valence-corrected chi connectivity index (χ4v) is 2.31. The van der Waals surface area contributed by atoms with E-state index in [2.05, 4.69) is 47.8 Å². The van der Waals surface area contributed by atoms with Crippen LogP contribution in [0.2, 0.25) is 0 Å². The van der Waals surface area contributed by atoms with Gasteiger partial charge >= 0.3 is 0 Å². The van der Waals surface area contributed by atoms with Crippen molar-refractivity contribution in [1.82, 2.24) is 4.98 Å². The van der Waals surface area contributed by atoms with Gasteiger partial charge in [-0.1, -0.05) is 13.8 Å². The number of nitrogens with zero attached hydrogens (tertiary/aromatic N) is 1. The van der Waals surface area contributed by atoms with E-state index in [4.69, 9.17) is 11.6 Å². The quantitative estimate of drug-likeness (QED) is 0.754. The van der Waals surface area contributed by atoms with Gasteiger partial charge in [0.25, 0.3) is 0 Å². The molecule has 1 heterocycles. The Bertz CT molecular complexity index is 287. The first-order valence-corrected chi connectivity index (χ1v) is 6.48. The zero-order valence-electron chi connectivity index (χ0n) is 9.37. The van der Waals surface area contributed by atoms with Crippen LogP contribution in [0.5, 0.6) is 0 Å². The second-order valence-corrected chi connectivity index (χ2v) is 5.86. The van der Waals surface area contributed by atoms with Gasteiger partial charge in [0.15, 0.2) is 0 Å². The molecule has 0 bridgehead atoms. The fourth-order valence-electron chi connectivity index (χ4n) is 1.70. The van der Waals surface area contributed by atoms with Crippen LogP contribution in [-0.4, -0.2) is 10.4 Å². The highest BCUT2D eigenvalue weighted by atomic mass is 79.9.